The lowest BCUT2D eigenvalue weighted by molar-refractivity contribution is -0.132. The summed E-state index contributed by atoms with van der Waals surface area (Å²) >= 11 is 6.09. The number of pyridine rings is 5. The molecule has 0 aliphatic rings. The van der Waals surface area contributed by atoms with Crippen LogP contribution < -0.4 is 22.2 Å². The van der Waals surface area contributed by atoms with Gasteiger partial charge in [0, 0.05) is 80.0 Å². The Morgan fingerprint density at radius 2 is 0.753 bits per heavy atom. The zero-order valence-electron chi connectivity index (χ0n) is 86.2. The van der Waals surface area contributed by atoms with E-state index in [4.69, 9.17) is 22.7 Å². The van der Waals surface area contributed by atoms with Crippen LogP contribution in [0, 0.1) is 138 Å². The summed E-state index contributed by atoms with van der Waals surface area (Å²) in [6, 6.07) is 76.2. The van der Waals surface area contributed by atoms with Gasteiger partial charge in [-0.25, -0.2) is 24.5 Å². The average molecular weight is 2070 g/mol. The maximum atomic E-state index is 12.2. The number of H-pyrrole nitrogens is 2. The molecule has 150 heavy (non-hydrogen) atoms. The molecule has 12 aromatic carbocycles. The molecule has 0 fully saturated rings. The van der Waals surface area contributed by atoms with Crippen molar-refractivity contribution < 1.29 is 14.3 Å². The first-order chi connectivity index (χ1) is 72.1. The van der Waals surface area contributed by atoms with Gasteiger partial charge in [0.25, 0.3) is 5.70 Å². The summed E-state index contributed by atoms with van der Waals surface area (Å²) in [7, 11) is 0. The van der Waals surface area contributed by atoms with E-state index in [1.165, 1.54) is 148 Å². The number of benzene rings is 12. The van der Waals surface area contributed by atoms with Crippen LogP contribution in [0.25, 0.3) is 182 Å². The molecule has 746 valence electrons. The topological polar surface area (TPSA) is 335 Å². The molecule has 25 nitrogen and oxygen atoms in total. The molecule has 30 heteroatoms. The van der Waals surface area contributed by atoms with E-state index in [-0.39, 0.29) is 22.4 Å². The fourth-order valence-electron chi connectivity index (χ4n) is 16.6. The van der Waals surface area contributed by atoms with Gasteiger partial charge < -0.3 is 19.5 Å². The number of rotatable bonds is 6. The molecule has 0 spiro atoms. The van der Waals surface area contributed by atoms with E-state index in [1.807, 2.05) is 141 Å². The molecule has 24 aromatic rings. The maximum absolute atomic E-state index is 12.2. The maximum Gasteiger partial charge on any atom is 0.344 e. The second-order valence-corrected chi connectivity index (χ2v) is 38.8. The smallest absolute Gasteiger partial charge is 0.344 e. The van der Waals surface area contributed by atoms with Crippen molar-refractivity contribution >= 4 is 204 Å². The van der Waals surface area contributed by atoms with Gasteiger partial charge >= 0.3 is 11.6 Å². The van der Waals surface area contributed by atoms with E-state index in [0.29, 0.717) is 33.2 Å². The Kier molecular flexibility index (Phi) is 34.4. The number of allylic oxidation sites excluding steroid dienone is 1. The first-order valence-corrected chi connectivity index (χ1v) is 51.3. The summed E-state index contributed by atoms with van der Waals surface area (Å²) in [5, 5.41) is 15.5. The van der Waals surface area contributed by atoms with Gasteiger partial charge in [0.1, 0.15) is 66.2 Å². The number of aromatic amines is 2. The largest absolute Gasteiger partial charge is 0.486 e. The van der Waals surface area contributed by atoms with Crippen LogP contribution in [-0.2, 0) is 4.79 Å². The zero-order valence-corrected chi connectivity index (χ0v) is 90.2. The molecule has 0 aliphatic carbocycles. The number of aryl methyl sites for hydroxylation is 18. The summed E-state index contributed by atoms with van der Waals surface area (Å²) in [5.74, 6) is -1.24. The molecule has 24 rings (SSSR count). The molecule has 0 saturated carbocycles. The van der Waals surface area contributed by atoms with Gasteiger partial charge in [0.2, 0.25) is 11.1 Å². The van der Waals surface area contributed by atoms with Crippen LogP contribution in [0.4, 0.5) is 0 Å². The number of aliphatic carboxylic acids is 1. The number of nitrogens with one attached hydrogen (secondary N) is 2. The SMILES string of the molecule is C=c1oc(=O)c2cccc3c(-c4ccc(C)c5nsnc45)ccc1c32.Cc1cc(=O)[nH]c2[nH]c(=O)ccc12.Cc1ccc(-c2ccc(C)c3nsnc23)cc1.Cc1ccc(C)c2ncccc12.Cc1ccc(C)c2nsnc12.Cc1ccc(C)nc1.Cc1ccnc2c(C)cccc12.Cc1nc2c(C)ccc(C)c2nc1C.[C-]#[N+]/C(=C\c1ccc(C)c2nsnc12)C(=O)O.[C-]#[N+]/C(C)=C\c1ccc(-c2ccc(C)c3nsnc23)cc1. The summed E-state index contributed by atoms with van der Waals surface area (Å²) in [5.41, 5.74) is 43.1. The van der Waals surface area contributed by atoms with Gasteiger partial charge in [-0.2, -0.15) is 43.7 Å². The zero-order chi connectivity index (χ0) is 107. The predicted octanol–water partition coefficient (Wildman–Crippen LogP) is 28.4. The number of hydrogen-bond acceptors (Lipinski definition) is 25. The Hall–Kier alpha value is -17.4. The summed E-state index contributed by atoms with van der Waals surface area (Å²) in [6.07, 6.45) is 8.78. The molecule has 0 amide bonds. The lowest BCUT2D eigenvalue weighted by Crippen LogP contribution is -2.11. The number of aromatic nitrogens is 17. The number of carboxylic acid groups (broad SMARTS) is 1. The molecule has 0 unspecified atom stereocenters. The lowest BCUT2D eigenvalue weighted by atomic mass is 9.93. The van der Waals surface area contributed by atoms with E-state index in [2.05, 4.69) is 311 Å². The molecular weight excluding hydrogens is 1960 g/mol. The van der Waals surface area contributed by atoms with Gasteiger partial charge in [-0.1, -0.05) is 200 Å². The Morgan fingerprint density at radius 3 is 1.27 bits per heavy atom. The third kappa shape index (κ3) is 24.9. The summed E-state index contributed by atoms with van der Waals surface area (Å²) < 4.78 is 48.4. The van der Waals surface area contributed by atoms with Gasteiger partial charge in [-0.3, -0.25) is 29.3 Å². The molecule has 0 aliphatic heterocycles. The summed E-state index contributed by atoms with van der Waals surface area (Å²) in [4.78, 5) is 78.4. The van der Waals surface area contributed by atoms with E-state index < -0.39 is 5.97 Å². The standard InChI is InChI=1S/C20H12N2O2S.C17H13N3S.C14H12N2S.C12H14N2.C11H7N3O2S.2C11H11N.C9H8N2O2.C8H8N2S.C7H9N/c1-10-6-7-15(19-18(10)21-25-22-19)13-9-8-12-11(2)24-20(23)16-5-3-4-14(13)17(12)16;1-11-4-9-15(17-16(11)19-21-20-17)14-7-5-13(6-8-14)10-12(2)18-3;1-9-3-6-11(7-4-9)12-8-5-10(2)13-14(12)16-17-15-13;1-7-5-6-8(2)12-11(7)13-9(3)10(4)14-12;1-6-3-4-7(5-8(12-2)11(15)16)10-9(6)13-17-14-10;1-8-5-6-9(2)11-10(8)4-3-7-12-11;1-8-6-7-12-11-9(2)4-3-5-10(8)11;1-5-4-8(13)11-9-6(5)2-3-7(12)10-9;1-5-3-4-6(2)8-7(5)9-11-10-8;1-6-3-4-7(2)8-5-6/h3-9H,2H2,1H3;4-10H,1-2H3;3-8H,1-2H3;5-6H,1-4H3;3-5H,1H3,(H,15,16);2*3-7H,1-2H3;2-4H,1H3,(H2,10,11,12,13);3-4H,1-2H3;3-5H,1-2H3/b;12-10-;;;8-5-;;;;;. The van der Waals surface area contributed by atoms with Crippen molar-refractivity contribution in [3.63, 3.8) is 0 Å². The third-order valence-corrected chi connectivity index (χ3v) is 27.8. The fraction of sp³-hybridized carbons (Fsp3) is 0.158. The molecule has 0 atom stereocenters. The highest BCUT2D eigenvalue weighted by atomic mass is 32.1. The minimum Gasteiger partial charge on any atom is -0.486 e. The van der Waals surface area contributed by atoms with E-state index in [0.717, 1.165) is 172 Å². The molecule has 0 bridgehead atoms. The highest BCUT2D eigenvalue weighted by Gasteiger charge is 2.20. The first-order valence-electron chi connectivity index (χ1n) is 47.7. The van der Waals surface area contributed by atoms with Crippen molar-refractivity contribution in [3.8, 4) is 33.4 Å². The van der Waals surface area contributed by atoms with Gasteiger partial charge in [-0.15, -0.1) is 0 Å². The average Bonchev–Trinajstić information content (AvgIpc) is 1.38. The summed E-state index contributed by atoms with van der Waals surface area (Å²) in [6.45, 7) is 56.2. The van der Waals surface area contributed by atoms with Crippen molar-refractivity contribution in [1.29, 1.82) is 0 Å². The Balaban J connectivity index is 0.000000126. The highest BCUT2D eigenvalue weighted by Crippen LogP contribution is 2.39. The number of carbonyl (C=O) groups is 1. The molecular formula is C120H105N19O6S5. The molecule has 12 heterocycles. The quantitative estimate of drug-likeness (QED) is 0.103. The van der Waals surface area contributed by atoms with Gasteiger partial charge in [0.05, 0.1) is 111 Å². The van der Waals surface area contributed by atoms with Crippen LogP contribution in [0.2, 0.25) is 0 Å². The highest BCUT2D eigenvalue weighted by molar-refractivity contribution is 7.01. The van der Waals surface area contributed by atoms with Gasteiger partial charge in [-0.05, 0) is 285 Å². The Bertz CT molecular complexity index is 9330. The van der Waals surface area contributed by atoms with E-state index >= 15 is 0 Å². The number of nitrogens with zero attached hydrogens (tertiary/aromatic N) is 17. The van der Waals surface area contributed by atoms with Crippen LogP contribution in [0.1, 0.15) is 119 Å². The Morgan fingerprint density at radius 1 is 0.347 bits per heavy atom. The van der Waals surface area contributed by atoms with Gasteiger partial charge in [0.15, 0.2) is 5.70 Å². The predicted molar refractivity (Wildman–Crippen MR) is 618 cm³/mol. The van der Waals surface area contributed by atoms with Crippen molar-refractivity contribution in [2.75, 3.05) is 0 Å². The lowest BCUT2D eigenvalue weighted by Gasteiger charge is -2.11. The van der Waals surface area contributed by atoms with Crippen LogP contribution in [0.5, 0.6) is 0 Å². The van der Waals surface area contributed by atoms with Crippen LogP contribution in [0.15, 0.2) is 279 Å². The number of carboxylic acids is 1. The van der Waals surface area contributed by atoms with Crippen molar-refractivity contribution in [2.24, 2.45) is 0 Å². The molecule has 3 N–H and O–H groups in total. The first kappa shape index (κ1) is 107. The van der Waals surface area contributed by atoms with Crippen LogP contribution in [0.3, 0.4) is 0 Å². The van der Waals surface area contributed by atoms with Crippen molar-refractivity contribution in [1.82, 2.24) is 78.6 Å². The van der Waals surface area contributed by atoms with Crippen LogP contribution >= 0.6 is 58.6 Å². The number of fused-ring (bicyclic) bond motifs is 9. The third-order valence-electron chi connectivity index (χ3n) is 25.2. The van der Waals surface area contributed by atoms with Crippen molar-refractivity contribution in [2.45, 2.75) is 132 Å². The minimum atomic E-state index is -1.24. The van der Waals surface area contributed by atoms with E-state index in [1.54, 1.807) is 18.2 Å². The van der Waals surface area contributed by atoms with Crippen LogP contribution in [-0.4, -0.2) is 89.7 Å². The minimum absolute atomic E-state index is 0.202. The molecule has 12 aromatic heterocycles. The Labute approximate surface area is 886 Å². The number of para-hydroxylation sites is 1. The fourth-order valence-corrected chi connectivity index (χ4v) is 19.7. The second-order valence-electron chi connectivity index (χ2n) is 36.2. The number of hydrogen-bond donors (Lipinski definition) is 3. The van der Waals surface area contributed by atoms with E-state index in [9.17, 15) is 19.2 Å². The van der Waals surface area contributed by atoms with Crippen molar-refractivity contribution in [3.05, 3.63) is 432 Å². The normalized spacial score (nSPS) is 11.0. The molecule has 0 saturated heterocycles. The second kappa shape index (κ2) is 48.3. The monoisotopic (exact) mass is 2070 g/mol. The molecule has 0 radical (unpaired) electrons.